The van der Waals surface area contributed by atoms with E-state index in [1.165, 1.54) is 12.4 Å². The van der Waals surface area contributed by atoms with Crippen LogP contribution in [0.15, 0.2) is 71.5 Å². The quantitative estimate of drug-likeness (QED) is 0.150. The van der Waals surface area contributed by atoms with Gasteiger partial charge >= 0.3 is 0 Å². The Morgan fingerprint density at radius 2 is 1.38 bits per heavy atom. The minimum Gasteiger partial charge on any atom is -1.00 e. The molecule has 2 aromatic heterocycles. The SMILES string of the molecule is O/N=C/c1cc[n+](C/C=C/C[n+]2cccc(/C=N/O)c2)cc1.[Br-].[Br-]. The van der Waals surface area contributed by atoms with Crippen molar-refractivity contribution in [1.29, 1.82) is 0 Å². The maximum atomic E-state index is 8.53. The second-order valence-corrected chi connectivity index (χ2v) is 4.62. The highest BCUT2D eigenvalue weighted by Crippen LogP contribution is 1.91. The Hall–Kier alpha value is -2.06. The highest BCUT2D eigenvalue weighted by Gasteiger charge is 2.00. The van der Waals surface area contributed by atoms with Crippen LogP contribution < -0.4 is 43.1 Å². The van der Waals surface area contributed by atoms with E-state index in [0.29, 0.717) is 0 Å². The molecule has 24 heavy (non-hydrogen) atoms. The number of pyridine rings is 2. The standard InChI is InChI=1S/C16H16N4O2.2BrH/c21-17-12-15-5-10-19(11-6-15)7-1-2-8-20-9-3-4-16(14-20)13-18-22;;/h1-6,9-14H,7-8H2;2*1H/b2-1+,18-13+;;. The summed E-state index contributed by atoms with van der Waals surface area (Å²) in [5.74, 6) is 0. The van der Waals surface area contributed by atoms with E-state index < -0.39 is 0 Å². The fraction of sp³-hybridized carbons (Fsp3) is 0.125. The first-order valence-corrected chi connectivity index (χ1v) is 6.80. The summed E-state index contributed by atoms with van der Waals surface area (Å²) in [6, 6.07) is 7.52. The first-order chi connectivity index (χ1) is 10.8. The van der Waals surface area contributed by atoms with Crippen molar-refractivity contribution >= 4 is 12.4 Å². The molecular formula is C16H18Br2N4O2. The summed E-state index contributed by atoms with van der Waals surface area (Å²) in [6.07, 6.45) is 14.6. The van der Waals surface area contributed by atoms with Crippen molar-refractivity contribution in [3.8, 4) is 0 Å². The summed E-state index contributed by atoms with van der Waals surface area (Å²) < 4.78 is 4.02. The van der Waals surface area contributed by atoms with E-state index in [9.17, 15) is 0 Å². The van der Waals surface area contributed by atoms with Crippen LogP contribution in [0.25, 0.3) is 0 Å². The highest BCUT2D eigenvalue weighted by atomic mass is 79.9. The van der Waals surface area contributed by atoms with Crippen LogP contribution in [0.2, 0.25) is 0 Å². The zero-order valence-corrected chi connectivity index (χ0v) is 16.0. The number of hydrogen-bond donors (Lipinski definition) is 2. The van der Waals surface area contributed by atoms with Crippen LogP contribution >= 0.6 is 0 Å². The van der Waals surface area contributed by atoms with Gasteiger partial charge in [0, 0.05) is 23.8 Å². The lowest BCUT2D eigenvalue weighted by Crippen LogP contribution is -3.00. The summed E-state index contributed by atoms with van der Waals surface area (Å²) >= 11 is 0. The largest absolute Gasteiger partial charge is 1.00 e. The fourth-order valence-corrected chi connectivity index (χ4v) is 1.93. The van der Waals surface area contributed by atoms with Crippen molar-refractivity contribution in [1.82, 2.24) is 0 Å². The number of aromatic nitrogens is 2. The monoisotopic (exact) mass is 456 g/mol. The van der Waals surface area contributed by atoms with Gasteiger partial charge in [0.15, 0.2) is 37.9 Å². The van der Waals surface area contributed by atoms with Crippen molar-refractivity contribution in [2.45, 2.75) is 13.1 Å². The highest BCUT2D eigenvalue weighted by molar-refractivity contribution is 5.78. The second kappa shape index (κ2) is 12.4. The first kappa shape index (κ1) is 21.9. The van der Waals surface area contributed by atoms with Crippen LogP contribution in [0.3, 0.4) is 0 Å². The third-order valence-corrected chi connectivity index (χ3v) is 3.01. The normalized spacial score (nSPS) is 10.8. The molecule has 0 amide bonds. The van der Waals surface area contributed by atoms with Crippen molar-refractivity contribution < 1.29 is 53.5 Å². The Morgan fingerprint density at radius 1 is 0.792 bits per heavy atom. The molecule has 0 radical (unpaired) electrons. The summed E-state index contributed by atoms with van der Waals surface area (Å²) in [5, 5.41) is 23.0. The third-order valence-electron chi connectivity index (χ3n) is 3.01. The van der Waals surface area contributed by atoms with Gasteiger partial charge in [0.25, 0.3) is 0 Å². The molecule has 8 heteroatoms. The molecule has 0 saturated heterocycles. The fourth-order valence-electron chi connectivity index (χ4n) is 1.93. The molecule has 0 atom stereocenters. The van der Waals surface area contributed by atoms with Gasteiger partial charge in [0.05, 0.1) is 18.0 Å². The van der Waals surface area contributed by atoms with Crippen LogP contribution in [0.4, 0.5) is 0 Å². The average molecular weight is 458 g/mol. The Labute approximate surface area is 161 Å². The van der Waals surface area contributed by atoms with Crippen molar-refractivity contribution in [2.24, 2.45) is 10.3 Å². The lowest BCUT2D eigenvalue weighted by Gasteiger charge is -1.94. The van der Waals surface area contributed by atoms with Gasteiger partial charge in [-0.1, -0.05) is 10.3 Å². The Bertz CT molecular complexity index is 689. The summed E-state index contributed by atoms with van der Waals surface area (Å²) in [5.41, 5.74) is 1.69. The van der Waals surface area contributed by atoms with Gasteiger partial charge in [-0.3, -0.25) is 0 Å². The average Bonchev–Trinajstić information content (AvgIpc) is 2.54. The number of oxime groups is 2. The van der Waals surface area contributed by atoms with E-state index in [0.717, 1.165) is 24.2 Å². The molecule has 0 aromatic carbocycles. The lowest BCUT2D eigenvalue weighted by atomic mass is 10.3. The topological polar surface area (TPSA) is 72.9 Å². The minimum atomic E-state index is 0. The maximum Gasteiger partial charge on any atom is 0.178 e. The maximum absolute atomic E-state index is 8.53. The van der Waals surface area contributed by atoms with Gasteiger partial charge in [0.1, 0.15) is 0 Å². The van der Waals surface area contributed by atoms with E-state index in [1.54, 1.807) is 0 Å². The predicted molar refractivity (Wildman–Crippen MR) is 81.2 cm³/mol. The number of hydrogen-bond acceptors (Lipinski definition) is 4. The molecular weight excluding hydrogens is 440 g/mol. The van der Waals surface area contributed by atoms with Gasteiger partial charge in [-0.2, -0.15) is 0 Å². The molecule has 0 saturated carbocycles. The Kier molecular flexibility index (Phi) is 11.3. The summed E-state index contributed by atoms with van der Waals surface area (Å²) in [7, 11) is 0. The summed E-state index contributed by atoms with van der Waals surface area (Å²) in [4.78, 5) is 0. The van der Waals surface area contributed by atoms with E-state index in [-0.39, 0.29) is 34.0 Å². The van der Waals surface area contributed by atoms with E-state index in [2.05, 4.69) is 22.5 Å². The van der Waals surface area contributed by atoms with Gasteiger partial charge in [-0.05, 0) is 18.2 Å². The van der Waals surface area contributed by atoms with Gasteiger partial charge in [-0.25, -0.2) is 9.13 Å². The van der Waals surface area contributed by atoms with Crippen LogP contribution in [0, 0.1) is 0 Å². The van der Waals surface area contributed by atoms with Crippen molar-refractivity contribution in [3.63, 3.8) is 0 Å². The van der Waals surface area contributed by atoms with Crippen LogP contribution in [0.5, 0.6) is 0 Å². The molecule has 0 spiro atoms. The van der Waals surface area contributed by atoms with E-state index in [1.807, 2.05) is 58.2 Å². The lowest BCUT2D eigenvalue weighted by molar-refractivity contribution is -0.691. The molecule has 2 rings (SSSR count). The van der Waals surface area contributed by atoms with Gasteiger partial charge < -0.3 is 44.4 Å². The van der Waals surface area contributed by atoms with E-state index in [4.69, 9.17) is 10.4 Å². The van der Waals surface area contributed by atoms with Crippen molar-refractivity contribution in [3.05, 3.63) is 72.3 Å². The molecule has 2 heterocycles. The molecule has 0 fully saturated rings. The molecule has 2 aromatic rings. The van der Waals surface area contributed by atoms with E-state index >= 15 is 0 Å². The number of rotatable bonds is 6. The molecule has 0 aliphatic carbocycles. The molecule has 0 aliphatic rings. The molecule has 6 nitrogen and oxygen atoms in total. The predicted octanol–water partition coefficient (Wildman–Crippen LogP) is -4.86. The molecule has 0 unspecified atom stereocenters. The summed E-state index contributed by atoms with van der Waals surface area (Å²) in [6.45, 7) is 1.50. The number of halogens is 2. The number of allylic oxidation sites excluding steroid dienone is 2. The van der Waals surface area contributed by atoms with Crippen LogP contribution in [-0.2, 0) is 13.1 Å². The molecule has 128 valence electrons. The van der Waals surface area contributed by atoms with Crippen molar-refractivity contribution in [2.75, 3.05) is 0 Å². The smallest absolute Gasteiger partial charge is 0.178 e. The zero-order chi connectivity index (χ0) is 15.6. The number of nitrogens with zero attached hydrogens (tertiary/aromatic N) is 4. The van der Waals surface area contributed by atoms with Gasteiger partial charge in [0.2, 0.25) is 0 Å². The molecule has 0 bridgehead atoms. The Morgan fingerprint density at radius 3 is 2.00 bits per heavy atom. The Balaban J connectivity index is 0.00000264. The van der Waals surface area contributed by atoms with Crippen LogP contribution in [-0.4, -0.2) is 22.8 Å². The zero-order valence-electron chi connectivity index (χ0n) is 12.8. The second-order valence-electron chi connectivity index (χ2n) is 4.62. The third kappa shape index (κ3) is 7.47. The first-order valence-electron chi connectivity index (χ1n) is 6.80. The minimum absolute atomic E-state index is 0. The van der Waals surface area contributed by atoms with Gasteiger partial charge in [-0.15, -0.1) is 0 Å². The molecule has 2 N–H and O–H groups in total. The molecule has 0 aliphatic heterocycles. The van der Waals surface area contributed by atoms with Crippen LogP contribution in [0.1, 0.15) is 11.1 Å².